The van der Waals surface area contributed by atoms with E-state index in [2.05, 4.69) is 4.98 Å². The van der Waals surface area contributed by atoms with Gasteiger partial charge >= 0.3 is 0 Å². The molecule has 2 N–H and O–H groups in total. The molecule has 1 heterocycles. The molecule has 0 fully saturated rings. The second-order valence-electron chi connectivity index (χ2n) is 4.41. The summed E-state index contributed by atoms with van der Waals surface area (Å²) in [6, 6.07) is 11.1. The van der Waals surface area contributed by atoms with Crippen molar-refractivity contribution in [1.29, 1.82) is 0 Å². The number of nitrogens with two attached hydrogens (primary N) is 1. The van der Waals surface area contributed by atoms with Crippen LogP contribution in [0, 0.1) is 13.8 Å². The topological polar surface area (TPSA) is 60.9 Å². The molecule has 0 aliphatic rings. The molecular weight excluding hydrogens is 226 g/mol. The summed E-state index contributed by atoms with van der Waals surface area (Å²) in [6.07, 6.45) is 0. The molecule has 0 amide bonds. The Morgan fingerprint density at radius 2 is 1.94 bits per heavy atom. The van der Waals surface area contributed by atoms with E-state index in [0.717, 1.165) is 11.3 Å². The minimum Gasteiger partial charge on any atom is -0.322 e. The van der Waals surface area contributed by atoms with E-state index in [1.54, 1.807) is 4.57 Å². The Labute approximate surface area is 106 Å². The molecule has 0 saturated carbocycles. The molecule has 2 aromatic rings. The predicted octanol–water partition coefficient (Wildman–Crippen LogP) is 1.56. The highest BCUT2D eigenvalue weighted by atomic mass is 16.1. The fraction of sp³-hybridized carbons (Fsp3) is 0.286. The maximum absolute atomic E-state index is 11.9. The van der Waals surface area contributed by atoms with Gasteiger partial charge in [-0.1, -0.05) is 30.3 Å². The molecule has 94 valence electrons. The Balaban J connectivity index is 2.28. The van der Waals surface area contributed by atoms with Crippen molar-refractivity contribution in [3.8, 4) is 0 Å². The molecule has 18 heavy (non-hydrogen) atoms. The Morgan fingerprint density at radius 1 is 1.28 bits per heavy atom. The summed E-state index contributed by atoms with van der Waals surface area (Å²) < 4.78 is 1.62. The number of hydrogen-bond donors (Lipinski definition) is 1. The maximum Gasteiger partial charge on any atom is 0.253 e. The summed E-state index contributed by atoms with van der Waals surface area (Å²) in [7, 11) is 0. The third kappa shape index (κ3) is 2.65. The van der Waals surface area contributed by atoms with Gasteiger partial charge in [-0.3, -0.25) is 9.36 Å². The van der Waals surface area contributed by atoms with Gasteiger partial charge in [-0.05, 0) is 19.4 Å². The average Bonchev–Trinajstić information content (AvgIpc) is 2.34. The molecule has 1 aromatic heterocycles. The van der Waals surface area contributed by atoms with Gasteiger partial charge in [0.2, 0.25) is 0 Å². The Hall–Kier alpha value is -1.94. The number of nitrogens with zero attached hydrogens (tertiary/aromatic N) is 2. The summed E-state index contributed by atoms with van der Waals surface area (Å²) in [6.45, 7) is 4.09. The predicted molar refractivity (Wildman–Crippen MR) is 71.3 cm³/mol. The highest BCUT2D eigenvalue weighted by Gasteiger charge is 2.10. The Bertz CT molecular complexity index is 590. The lowest BCUT2D eigenvalue weighted by Gasteiger charge is -2.15. The van der Waals surface area contributed by atoms with Crippen molar-refractivity contribution >= 4 is 0 Å². The molecule has 0 saturated heterocycles. The SMILES string of the molecule is Cc1cc(=O)n(CC(N)c2ccccc2)c(C)n1. The minimum atomic E-state index is -0.202. The minimum absolute atomic E-state index is 0.0496. The van der Waals surface area contributed by atoms with Crippen LogP contribution in [0.25, 0.3) is 0 Å². The second kappa shape index (κ2) is 5.14. The lowest BCUT2D eigenvalue weighted by molar-refractivity contribution is 0.538. The number of rotatable bonds is 3. The lowest BCUT2D eigenvalue weighted by Crippen LogP contribution is -2.29. The zero-order valence-corrected chi connectivity index (χ0v) is 10.6. The third-order valence-corrected chi connectivity index (χ3v) is 2.93. The van der Waals surface area contributed by atoms with Crippen molar-refractivity contribution in [2.75, 3.05) is 0 Å². The number of aryl methyl sites for hydroxylation is 2. The van der Waals surface area contributed by atoms with Gasteiger partial charge in [0.15, 0.2) is 0 Å². The third-order valence-electron chi connectivity index (χ3n) is 2.93. The number of aromatic nitrogens is 2. The summed E-state index contributed by atoms with van der Waals surface area (Å²) >= 11 is 0. The van der Waals surface area contributed by atoms with E-state index in [0.29, 0.717) is 12.4 Å². The van der Waals surface area contributed by atoms with Crippen molar-refractivity contribution < 1.29 is 0 Å². The maximum atomic E-state index is 11.9. The first-order valence-corrected chi connectivity index (χ1v) is 5.93. The highest BCUT2D eigenvalue weighted by molar-refractivity contribution is 5.18. The number of hydrogen-bond acceptors (Lipinski definition) is 3. The molecule has 1 unspecified atom stereocenters. The normalized spacial score (nSPS) is 12.4. The standard InChI is InChI=1S/C14H17N3O/c1-10-8-14(18)17(11(2)16-10)9-13(15)12-6-4-3-5-7-12/h3-8,13H,9,15H2,1-2H3. The van der Waals surface area contributed by atoms with Crippen LogP contribution in [0.3, 0.4) is 0 Å². The molecule has 0 bridgehead atoms. The Morgan fingerprint density at radius 3 is 2.56 bits per heavy atom. The van der Waals surface area contributed by atoms with Gasteiger partial charge in [-0.25, -0.2) is 4.98 Å². The van der Waals surface area contributed by atoms with Crippen molar-refractivity contribution in [3.05, 3.63) is 63.8 Å². The van der Waals surface area contributed by atoms with Crippen LogP contribution in [0.1, 0.15) is 23.1 Å². The summed E-state index contributed by atoms with van der Waals surface area (Å²) in [5.74, 6) is 0.700. The van der Waals surface area contributed by atoms with Crippen LogP contribution in [0.2, 0.25) is 0 Å². The molecule has 0 radical (unpaired) electrons. The van der Waals surface area contributed by atoms with Gasteiger partial charge in [0.1, 0.15) is 5.82 Å². The van der Waals surface area contributed by atoms with Crippen molar-refractivity contribution in [3.63, 3.8) is 0 Å². The Kier molecular flexibility index (Phi) is 3.58. The van der Waals surface area contributed by atoms with Crippen molar-refractivity contribution in [2.24, 2.45) is 5.73 Å². The highest BCUT2D eigenvalue weighted by Crippen LogP contribution is 2.11. The van der Waals surface area contributed by atoms with E-state index in [1.165, 1.54) is 6.07 Å². The van der Waals surface area contributed by atoms with Gasteiger partial charge in [0.05, 0.1) is 0 Å². The molecule has 0 aliphatic heterocycles. The average molecular weight is 243 g/mol. The van der Waals surface area contributed by atoms with Gasteiger partial charge in [0, 0.05) is 24.3 Å². The molecule has 2 rings (SSSR count). The fourth-order valence-electron chi connectivity index (χ4n) is 1.99. The smallest absolute Gasteiger partial charge is 0.253 e. The molecular formula is C14H17N3O. The number of benzene rings is 1. The first-order valence-electron chi connectivity index (χ1n) is 5.93. The first-order chi connectivity index (χ1) is 8.58. The van der Waals surface area contributed by atoms with Crippen molar-refractivity contribution in [2.45, 2.75) is 26.4 Å². The van der Waals surface area contributed by atoms with Crippen LogP contribution < -0.4 is 11.3 Å². The van der Waals surface area contributed by atoms with Crippen LogP contribution in [0.4, 0.5) is 0 Å². The van der Waals surface area contributed by atoms with Crippen molar-refractivity contribution in [1.82, 2.24) is 9.55 Å². The van der Waals surface area contributed by atoms with Crippen LogP contribution >= 0.6 is 0 Å². The molecule has 0 spiro atoms. The van der Waals surface area contributed by atoms with Gasteiger partial charge in [-0.2, -0.15) is 0 Å². The largest absolute Gasteiger partial charge is 0.322 e. The van der Waals surface area contributed by atoms with Crippen LogP contribution in [0.15, 0.2) is 41.2 Å². The zero-order valence-electron chi connectivity index (χ0n) is 10.6. The molecule has 4 nitrogen and oxygen atoms in total. The van der Waals surface area contributed by atoms with Gasteiger partial charge in [-0.15, -0.1) is 0 Å². The van der Waals surface area contributed by atoms with Crippen LogP contribution in [-0.2, 0) is 6.54 Å². The van der Waals surface area contributed by atoms with Crippen LogP contribution in [0.5, 0.6) is 0 Å². The summed E-state index contributed by atoms with van der Waals surface area (Å²) in [4.78, 5) is 16.2. The molecule has 0 aliphatic carbocycles. The molecule has 4 heteroatoms. The fourth-order valence-corrected chi connectivity index (χ4v) is 1.99. The van der Waals surface area contributed by atoms with E-state index in [9.17, 15) is 4.79 Å². The molecule has 1 aromatic carbocycles. The summed E-state index contributed by atoms with van der Waals surface area (Å²) in [5.41, 5.74) is 7.82. The monoisotopic (exact) mass is 243 g/mol. The van der Waals surface area contributed by atoms with Gasteiger partial charge < -0.3 is 5.73 Å². The lowest BCUT2D eigenvalue weighted by atomic mass is 10.1. The summed E-state index contributed by atoms with van der Waals surface area (Å²) in [5, 5.41) is 0. The van der Waals surface area contributed by atoms with E-state index < -0.39 is 0 Å². The van der Waals surface area contributed by atoms with Gasteiger partial charge in [0.25, 0.3) is 5.56 Å². The van der Waals surface area contributed by atoms with Crippen LogP contribution in [-0.4, -0.2) is 9.55 Å². The van der Waals surface area contributed by atoms with E-state index >= 15 is 0 Å². The van der Waals surface area contributed by atoms with E-state index in [4.69, 9.17) is 5.73 Å². The second-order valence-corrected chi connectivity index (χ2v) is 4.41. The zero-order chi connectivity index (χ0) is 13.1. The molecule has 1 atom stereocenters. The quantitative estimate of drug-likeness (QED) is 0.890. The first kappa shape index (κ1) is 12.5. The van der Waals surface area contributed by atoms with E-state index in [-0.39, 0.29) is 11.6 Å². The van der Waals surface area contributed by atoms with E-state index in [1.807, 2.05) is 44.2 Å².